The number of aromatic nitrogens is 5. The fourth-order valence-electron chi connectivity index (χ4n) is 4.96. The van der Waals surface area contributed by atoms with Gasteiger partial charge in [0.25, 0.3) is 5.56 Å². The number of nitrogens with one attached hydrogen (secondary N) is 1. The van der Waals surface area contributed by atoms with Gasteiger partial charge in [0.1, 0.15) is 6.04 Å². The van der Waals surface area contributed by atoms with E-state index in [2.05, 4.69) is 25.4 Å². The molecule has 1 atom stereocenters. The number of halogens is 3. The highest BCUT2D eigenvalue weighted by molar-refractivity contribution is 5.82. The minimum absolute atomic E-state index is 0.238. The van der Waals surface area contributed by atoms with Crippen molar-refractivity contribution in [3.8, 4) is 0 Å². The van der Waals surface area contributed by atoms with Crippen LogP contribution in [0.1, 0.15) is 28.6 Å². The molecule has 0 amide bonds. The van der Waals surface area contributed by atoms with Gasteiger partial charge >= 0.3 is 6.18 Å². The number of anilines is 1. The summed E-state index contributed by atoms with van der Waals surface area (Å²) in [5.41, 5.74) is 1.84. The predicted octanol–water partition coefficient (Wildman–Crippen LogP) is 3.40. The van der Waals surface area contributed by atoms with Gasteiger partial charge in [0.15, 0.2) is 5.82 Å². The summed E-state index contributed by atoms with van der Waals surface area (Å²) in [6.07, 6.45) is -4.41. The predicted molar refractivity (Wildman–Crippen MR) is 136 cm³/mol. The number of aromatic amines is 1. The first-order valence-electron chi connectivity index (χ1n) is 12.3. The number of hydrogen-bond donors (Lipinski definition) is 1. The molecule has 200 valence electrons. The number of H-pyrrole nitrogens is 1. The van der Waals surface area contributed by atoms with Gasteiger partial charge in [-0.05, 0) is 52.6 Å². The van der Waals surface area contributed by atoms with Gasteiger partial charge in [-0.15, -0.1) is 5.10 Å². The van der Waals surface area contributed by atoms with Crippen molar-refractivity contribution in [1.29, 1.82) is 0 Å². The SMILES string of the molecule is COCCn1nnnc1C(c1cc2cccc(C)c2[nH]c1=O)N1CCN(c2cccc(C(F)(F)F)c2)CC1. The molecular weight excluding hydrogens is 499 g/mol. The van der Waals surface area contributed by atoms with E-state index in [0.29, 0.717) is 56.4 Å². The summed E-state index contributed by atoms with van der Waals surface area (Å²) in [5, 5.41) is 13.2. The van der Waals surface area contributed by atoms with Crippen LogP contribution >= 0.6 is 0 Å². The van der Waals surface area contributed by atoms with Gasteiger partial charge in [-0.25, -0.2) is 4.68 Å². The third-order valence-corrected chi connectivity index (χ3v) is 6.94. The second-order valence-corrected chi connectivity index (χ2v) is 9.32. The Kier molecular flexibility index (Phi) is 7.17. The number of fused-ring (bicyclic) bond motifs is 1. The fourth-order valence-corrected chi connectivity index (χ4v) is 4.96. The van der Waals surface area contributed by atoms with Crippen LogP contribution in [0.25, 0.3) is 10.9 Å². The molecule has 1 N–H and O–H groups in total. The van der Waals surface area contributed by atoms with E-state index >= 15 is 0 Å². The molecule has 4 aromatic rings. The first kappa shape index (κ1) is 25.9. The number of ether oxygens (including phenoxy) is 1. The molecule has 5 rings (SSSR count). The minimum atomic E-state index is -4.41. The van der Waals surface area contributed by atoms with Crippen LogP contribution in [-0.2, 0) is 17.5 Å². The highest BCUT2D eigenvalue weighted by atomic mass is 19.4. The molecular formula is C26H28F3N7O2. The van der Waals surface area contributed by atoms with Crippen LogP contribution in [-0.4, -0.2) is 70.0 Å². The van der Waals surface area contributed by atoms with Crippen LogP contribution < -0.4 is 10.5 Å². The number of alkyl halides is 3. The first-order chi connectivity index (χ1) is 18.3. The smallest absolute Gasteiger partial charge is 0.383 e. The third kappa shape index (κ3) is 5.14. The lowest BCUT2D eigenvalue weighted by Crippen LogP contribution is -2.49. The second kappa shape index (κ2) is 10.5. The largest absolute Gasteiger partial charge is 0.416 e. The molecule has 2 aromatic heterocycles. The lowest BCUT2D eigenvalue weighted by molar-refractivity contribution is -0.137. The summed E-state index contributed by atoms with van der Waals surface area (Å²) in [6.45, 7) is 4.66. The van der Waals surface area contributed by atoms with Crippen molar-refractivity contribution >= 4 is 16.6 Å². The van der Waals surface area contributed by atoms with Gasteiger partial charge in [0.2, 0.25) is 0 Å². The monoisotopic (exact) mass is 527 g/mol. The van der Waals surface area contributed by atoms with Crippen molar-refractivity contribution in [2.75, 3.05) is 44.8 Å². The second-order valence-electron chi connectivity index (χ2n) is 9.32. The Balaban J connectivity index is 1.49. The molecule has 1 saturated heterocycles. The zero-order chi connectivity index (χ0) is 26.9. The Hall–Kier alpha value is -3.77. The summed E-state index contributed by atoms with van der Waals surface area (Å²) in [5.74, 6) is 0.507. The number of methoxy groups -OCH3 is 1. The average molecular weight is 528 g/mol. The zero-order valence-corrected chi connectivity index (χ0v) is 21.1. The van der Waals surface area contributed by atoms with E-state index in [9.17, 15) is 18.0 Å². The molecule has 1 fully saturated rings. The molecule has 3 heterocycles. The van der Waals surface area contributed by atoms with Crippen LogP contribution in [0.4, 0.5) is 18.9 Å². The van der Waals surface area contributed by atoms with Crippen LogP contribution in [0, 0.1) is 6.92 Å². The van der Waals surface area contributed by atoms with Crippen LogP contribution in [0.2, 0.25) is 0 Å². The average Bonchev–Trinajstić information content (AvgIpc) is 3.36. The van der Waals surface area contributed by atoms with Gasteiger partial charge < -0.3 is 14.6 Å². The molecule has 0 bridgehead atoms. The van der Waals surface area contributed by atoms with Crippen LogP contribution in [0.5, 0.6) is 0 Å². The molecule has 1 aliphatic rings. The van der Waals surface area contributed by atoms with Crippen molar-refractivity contribution in [3.63, 3.8) is 0 Å². The highest BCUT2D eigenvalue weighted by Gasteiger charge is 2.34. The van der Waals surface area contributed by atoms with Gasteiger partial charge in [-0.2, -0.15) is 13.2 Å². The van der Waals surface area contributed by atoms with E-state index in [1.54, 1.807) is 17.9 Å². The number of benzene rings is 2. The summed E-state index contributed by atoms with van der Waals surface area (Å²) in [4.78, 5) is 20.5. The standard InChI is InChI=1S/C26H28F3N7O2/c1-17-5-3-6-18-15-21(25(37)30-22(17)18)23(24-31-32-33-36(24)13-14-38-2)35-11-9-34(10-12-35)20-8-4-7-19(16-20)26(27,28)29/h3-8,15-16,23H,9-14H2,1-2H3,(H,30,37). The van der Waals surface area contributed by atoms with Crippen LogP contribution in [0.15, 0.2) is 53.3 Å². The van der Waals surface area contributed by atoms with Crippen LogP contribution in [0.3, 0.4) is 0 Å². The Labute approximate surface area is 216 Å². The van der Waals surface area contributed by atoms with E-state index in [4.69, 9.17) is 4.74 Å². The molecule has 9 nitrogen and oxygen atoms in total. The summed E-state index contributed by atoms with van der Waals surface area (Å²) < 4.78 is 46.6. The molecule has 12 heteroatoms. The normalized spacial score (nSPS) is 15.8. The Bertz CT molecular complexity index is 1480. The van der Waals surface area contributed by atoms with E-state index in [0.717, 1.165) is 22.5 Å². The molecule has 2 aromatic carbocycles. The van der Waals surface area contributed by atoms with Gasteiger partial charge in [0.05, 0.1) is 24.2 Å². The highest BCUT2D eigenvalue weighted by Crippen LogP contribution is 2.33. The first-order valence-corrected chi connectivity index (χ1v) is 12.3. The Morgan fingerprint density at radius 2 is 1.84 bits per heavy atom. The number of para-hydroxylation sites is 1. The van der Waals surface area contributed by atoms with E-state index in [1.165, 1.54) is 12.1 Å². The molecule has 1 unspecified atom stereocenters. The van der Waals surface area contributed by atoms with E-state index in [1.807, 2.05) is 36.1 Å². The molecule has 38 heavy (non-hydrogen) atoms. The molecule has 0 radical (unpaired) electrons. The fraction of sp³-hybridized carbons (Fsp3) is 0.385. The van der Waals surface area contributed by atoms with Gasteiger partial charge in [0, 0.05) is 44.5 Å². The summed E-state index contributed by atoms with van der Waals surface area (Å²) in [7, 11) is 1.59. The summed E-state index contributed by atoms with van der Waals surface area (Å²) >= 11 is 0. The summed E-state index contributed by atoms with van der Waals surface area (Å²) in [6, 6.07) is 12.5. The number of pyridine rings is 1. The molecule has 0 spiro atoms. The van der Waals surface area contributed by atoms with Crippen molar-refractivity contribution in [3.05, 3.63) is 81.4 Å². The maximum absolute atomic E-state index is 13.4. The maximum atomic E-state index is 13.4. The number of rotatable bonds is 7. The quantitative estimate of drug-likeness (QED) is 0.394. The number of nitrogens with zero attached hydrogens (tertiary/aromatic N) is 6. The molecule has 1 aliphatic heterocycles. The number of tetrazole rings is 1. The Morgan fingerprint density at radius 1 is 1.08 bits per heavy atom. The maximum Gasteiger partial charge on any atom is 0.416 e. The minimum Gasteiger partial charge on any atom is -0.383 e. The van der Waals surface area contributed by atoms with E-state index < -0.39 is 17.8 Å². The van der Waals surface area contributed by atoms with Crippen molar-refractivity contribution < 1.29 is 17.9 Å². The zero-order valence-electron chi connectivity index (χ0n) is 21.1. The topological polar surface area (TPSA) is 92.2 Å². The third-order valence-electron chi connectivity index (χ3n) is 6.94. The molecule has 0 saturated carbocycles. The Morgan fingerprint density at radius 3 is 2.58 bits per heavy atom. The van der Waals surface area contributed by atoms with Crippen molar-refractivity contribution in [1.82, 2.24) is 30.1 Å². The lowest BCUT2D eigenvalue weighted by Gasteiger charge is -2.39. The van der Waals surface area contributed by atoms with E-state index in [-0.39, 0.29) is 5.56 Å². The van der Waals surface area contributed by atoms with Crippen molar-refractivity contribution in [2.24, 2.45) is 0 Å². The van der Waals surface area contributed by atoms with Crippen molar-refractivity contribution in [2.45, 2.75) is 25.7 Å². The lowest BCUT2D eigenvalue weighted by atomic mass is 10.0. The molecule has 0 aliphatic carbocycles. The van der Waals surface area contributed by atoms with Gasteiger partial charge in [-0.3, -0.25) is 9.69 Å². The number of piperazine rings is 1. The number of hydrogen-bond acceptors (Lipinski definition) is 7. The van der Waals surface area contributed by atoms with Gasteiger partial charge in [-0.1, -0.05) is 24.3 Å². The number of aryl methyl sites for hydroxylation is 1.